The summed E-state index contributed by atoms with van der Waals surface area (Å²) in [5.41, 5.74) is -2.75. The third kappa shape index (κ3) is 8.66. The van der Waals surface area contributed by atoms with Crippen molar-refractivity contribution in [3.63, 3.8) is 0 Å². The highest BCUT2D eigenvalue weighted by Crippen LogP contribution is 2.39. The summed E-state index contributed by atoms with van der Waals surface area (Å²) in [6.07, 6.45) is -11.2. The van der Waals surface area contributed by atoms with Crippen LogP contribution < -0.4 is 4.90 Å². The van der Waals surface area contributed by atoms with Crippen LogP contribution in [-0.2, 0) is 38.7 Å². The second-order valence-electron chi connectivity index (χ2n) is 12.0. The number of halogens is 9. The molecule has 49 heavy (non-hydrogen) atoms. The fourth-order valence-electron chi connectivity index (χ4n) is 6.26. The Kier molecular flexibility index (Phi) is 10.2. The second kappa shape index (κ2) is 13.9. The average Bonchev–Trinajstić information content (AvgIpc) is 3.46. The normalized spacial score (nSPS) is 15.8. The van der Waals surface area contributed by atoms with Crippen LogP contribution in [0.2, 0.25) is 0 Å². The first-order chi connectivity index (χ1) is 22.9. The smallest absolute Gasteiger partial charge is 0.330 e. The number of aryl methyl sites for hydroxylation is 2. The highest BCUT2D eigenvalue weighted by molar-refractivity contribution is 5.42. The van der Waals surface area contributed by atoms with Gasteiger partial charge in [0.25, 0.3) is 5.95 Å². The number of likely N-dealkylation sites (tertiary alicyclic amines) is 1. The van der Waals surface area contributed by atoms with Crippen molar-refractivity contribution >= 4 is 5.95 Å². The highest BCUT2D eigenvalue weighted by atomic mass is 19.4. The predicted octanol–water partition coefficient (Wildman–Crippen LogP) is 7.90. The summed E-state index contributed by atoms with van der Waals surface area (Å²) < 4.78 is 124. The van der Waals surface area contributed by atoms with E-state index in [1.165, 1.54) is 18.0 Å². The standard InChI is InChI=1S/C32H33F9N8/c1-4-28(48-11-8-21(9-12-48)27-7-10-42-19(2)43-27)26-6-5-23(30(33,34)35)15-22(26)18-49(29-44-46-47(3)45-29)17-20-13-24(31(36,37)38)16-25(14-20)32(39,40)41/h5-7,10,13-16,21,28H,4,8-9,11-12,17-18H2,1-3H3. The van der Waals surface area contributed by atoms with Gasteiger partial charge < -0.3 is 4.90 Å². The number of benzene rings is 2. The summed E-state index contributed by atoms with van der Waals surface area (Å²) in [6, 6.07) is 6.02. The van der Waals surface area contributed by atoms with E-state index in [1.54, 1.807) is 13.1 Å². The first-order valence-corrected chi connectivity index (χ1v) is 15.4. The van der Waals surface area contributed by atoms with Crippen molar-refractivity contribution in [3.8, 4) is 0 Å². The number of tetrazole rings is 1. The number of hydrogen-bond acceptors (Lipinski definition) is 7. The van der Waals surface area contributed by atoms with Gasteiger partial charge in [0, 0.05) is 36.9 Å². The fourth-order valence-corrected chi connectivity index (χ4v) is 6.26. The molecule has 8 nitrogen and oxygen atoms in total. The van der Waals surface area contributed by atoms with Gasteiger partial charge in [0.1, 0.15) is 5.82 Å². The SMILES string of the molecule is CCC(c1ccc(C(F)(F)F)cc1CN(Cc1cc(C(F)(F)F)cc(C(F)(F)F)c1)c1nnn(C)n1)N1CCC(c2ccnc(C)n2)CC1. The molecule has 1 unspecified atom stereocenters. The fraction of sp³-hybridized carbons (Fsp3) is 0.469. The van der Waals surface area contributed by atoms with Crippen LogP contribution >= 0.6 is 0 Å². The van der Waals surface area contributed by atoms with Gasteiger partial charge in [-0.15, -0.1) is 5.10 Å². The van der Waals surface area contributed by atoms with Gasteiger partial charge >= 0.3 is 18.5 Å². The Hall–Kier alpha value is -4.28. The molecule has 1 saturated heterocycles. The zero-order chi connectivity index (χ0) is 35.7. The molecule has 3 heterocycles. The minimum absolute atomic E-state index is 0.0141. The van der Waals surface area contributed by atoms with Crippen molar-refractivity contribution in [1.29, 1.82) is 0 Å². The molecule has 1 aliphatic rings. The molecule has 0 N–H and O–H groups in total. The molecule has 0 radical (unpaired) electrons. The van der Waals surface area contributed by atoms with Gasteiger partial charge in [0.05, 0.1) is 23.7 Å². The quantitative estimate of drug-likeness (QED) is 0.164. The summed E-state index contributed by atoms with van der Waals surface area (Å²) in [5, 5.41) is 11.7. The van der Waals surface area contributed by atoms with Crippen LogP contribution in [0.15, 0.2) is 48.7 Å². The number of aromatic nitrogens is 6. The number of alkyl halides is 9. The van der Waals surface area contributed by atoms with Crippen molar-refractivity contribution in [1.82, 2.24) is 35.1 Å². The minimum Gasteiger partial charge on any atom is -0.330 e. The number of nitrogens with zero attached hydrogens (tertiary/aromatic N) is 8. The molecule has 1 atom stereocenters. The van der Waals surface area contributed by atoms with Crippen LogP contribution in [0, 0.1) is 6.92 Å². The molecule has 1 fully saturated rings. The molecule has 264 valence electrons. The Morgan fingerprint density at radius 3 is 2.00 bits per heavy atom. The summed E-state index contributed by atoms with van der Waals surface area (Å²) >= 11 is 0. The Morgan fingerprint density at radius 2 is 1.47 bits per heavy atom. The average molecular weight is 701 g/mol. The summed E-state index contributed by atoms with van der Waals surface area (Å²) in [5.74, 6) is 0.642. The number of anilines is 1. The van der Waals surface area contributed by atoms with Crippen molar-refractivity contribution < 1.29 is 39.5 Å². The third-order valence-corrected chi connectivity index (χ3v) is 8.56. The molecule has 0 spiro atoms. The van der Waals surface area contributed by atoms with E-state index in [0.29, 0.717) is 43.0 Å². The molecule has 0 amide bonds. The molecule has 5 rings (SSSR count). The molecule has 17 heteroatoms. The van der Waals surface area contributed by atoms with Crippen molar-refractivity contribution in [2.75, 3.05) is 18.0 Å². The zero-order valence-electron chi connectivity index (χ0n) is 26.7. The van der Waals surface area contributed by atoms with E-state index >= 15 is 0 Å². The lowest BCUT2D eigenvalue weighted by atomic mass is 9.89. The van der Waals surface area contributed by atoms with Crippen molar-refractivity contribution in [3.05, 3.63) is 93.6 Å². The topological polar surface area (TPSA) is 75.9 Å². The minimum atomic E-state index is -5.09. The van der Waals surface area contributed by atoms with E-state index in [0.717, 1.165) is 35.5 Å². The van der Waals surface area contributed by atoms with Crippen LogP contribution in [0.3, 0.4) is 0 Å². The Morgan fingerprint density at radius 1 is 0.837 bits per heavy atom. The molecule has 1 aliphatic heterocycles. The molecule has 4 aromatic rings. The van der Waals surface area contributed by atoms with Crippen LogP contribution in [0.25, 0.3) is 0 Å². The first-order valence-electron chi connectivity index (χ1n) is 15.4. The van der Waals surface area contributed by atoms with E-state index in [4.69, 9.17) is 0 Å². The molecule has 0 saturated carbocycles. The van der Waals surface area contributed by atoms with Gasteiger partial charge in [-0.3, -0.25) is 4.90 Å². The third-order valence-electron chi connectivity index (χ3n) is 8.56. The van der Waals surface area contributed by atoms with Gasteiger partial charge in [0.2, 0.25) is 0 Å². The van der Waals surface area contributed by atoms with E-state index in [1.807, 2.05) is 13.0 Å². The first kappa shape index (κ1) is 36.0. The van der Waals surface area contributed by atoms with Crippen molar-refractivity contribution in [2.45, 2.75) is 76.7 Å². The van der Waals surface area contributed by atoms with E-state index < -0.39 is 47.3 Å². The van der Waals surface area contributed by atoms with Crippen LogP contribution in [0.4, 0.5) is 45.5 Å². The van der Waals surface area contributed by atoms with Crippen molar-refractivity contribution in [2.24, 2.45) is 7.05 Å². The monoisotopic (exact) mass is 700 g/mol. The van der Waals surface area contributed by atoms with Gasteiger partial charge in [-0.05, 0) is 97.6 Å². The molecule has 2 aromatic heterocycles. The van der Waals surface area contributed by atoms with Crippen LogP contribution in [0.5, 0.6) is 0 Å². The molecule has 0 aliphatic carbocycles. The predicted molar refractivity (Wildman–Crippen MR) is 160 cm³/mol. The lowest BCUT2D eigenvalue weighted by molar-refractivity contribution is -0.143. The maximum Gasteiger partial charge on any atom is 0.416 e. The zero-order valence-corrected chi connectivity index (χ0v) is 26.7. The van der Waals surface area contributed by atoms with Gasteiger partial charge in [0.15, 0.2) is 0 Å². The molecular weight excluding hydrogens is 667 g/mol. The van der Waals surface area contributed by atoms with Crippen LogP contribution in [-0.4, -0.2) is 48.2 Å². The Bertz CT molecular complexity index is 1710. The van der Waals surface area contributed by atoms with Gasteiger partial charge in [-0.25, -0.2) is 9.97 Å². The maximum atomic E-state index is 14.0. The van der Waals surface area contributed by atoms with Gasteiger partial charge in [-0.1, -0.05) is 18.1 Å². The van der Waals surface area contributed by atoms with E-state index in [2.05, 4.69) is 30.3 Å². The second-order valence-corrected chi connectivity index (χ2v) is 12.0. The summed E-state index contributed by atoms with van der Waals surface area (Å²) in [6.45, 7) is 3.99. The maximum absolute atomic E-state index is 14.0. The summed E-state index contributed by atoms with van der Waals surface area (Å²) in [4.78, 5) is 13.1. The molecule has 2 aromatic carbocycles. The lowest BCUT2D eigenvalue weighted by Gasteiger charge is -2.38. The van der Waals surface area contributed by atoms with E-state index in [-0.39, 0.29) is 36.1 Å². The number of rotatable bonds is 9. The lowest BCUT2D eigenvalue weighted by Crippen LogP contribution is -2.37. The molecule has 0 bridgehead atoms. The summed E-state index contributed by atoms with van der Waals surface area (Å²) in [7, 11) is 1.40. The largest absolute Gasteiger partial charge is 0.416 e. The Balaban J connectivity index is 1.51. The van der Waals surface area contributed by atoms with Crippen LogP contribution in [0.1, 0.15) is 83.0 Å². The van der Waals surface area contributed by atoms with Gasteiger partial charge in [-0.2, -0.15) is 44.3 Å². The Labute approximate surface area is 276 Å². The van der Waals surface area contributed by atoms with E-state index in [9.17, 15) is 39.5 Å². The molecular formula is C32H33F9N8. The highest BCUT2D eigenvalue weighted by Gasteiger charge is 2.38. The number of piperidine rings is 1. The number of hydrogen-bond donors (Lipinski definition) is 0.